The van der Waals surface area contributed by atoms with Crippen molar-refractivity contribution in [1.29, 1.82) is 0 Å². The molecule has 1 unspecified atom stereocenters. The molecule has 2 saturated heterocycles. The number of alkyl halides is 2. The van der Waals surface area contributed by atoms with E-state index in [9.17, 15) is 18.4 Å². The predicted octanol–water partition coefficient (Wildman–Crippen LogP) is 1.42. The van der Waals surface area contributed by atoms with E-state index >= 15 is 0 Å². The molecule has 0 aliphatic carbocycles. The van der Waals surface area contributed by atoms with Crippen molar-refractivity contribution < 1.29 is 22.8 Å². The number of hydrogen-bond acceptors (Lipinski definition) is 4. The van der Waals surface area contributed by atoms with E-state index in [-0.39, 0.29) is 30.3 Å². The van der Waals surface area contributed by atoms with Crippen LogP contribution in [0, 0.1) is 0 Å². The van der Waals surface area contributed by atoms with Crippen LogP contribution < -0.4 is 10.6 Å². The predicted molar refractivity (Wildman–Crippen MR) is 84.4 cm³/mol. The smallest absolute Gasteiger partial charge is 0.262 e. The summed E-state index contributed by atoms with van der Waals surface area (Å²) in [5, 5.41) is 5.35. The summed E-state index contributed by atoms with van der Waals surface area (Å²) in [4.78, 5) is 25.9. The Labute approximate surface area is 144 Å². The lowest BCUT2D eigenvalue weighted by Gasteiger charge is -2.32. The molecule has 9 heteroatoms. The number of halogens is 3. The average Bonchev–Trinajstić information content (AvgIpc) is 3.16. The molecule has 0 saturated carbocycles. The Kier molecular flexibility index (Phi) is 5.82. The number of nitrogens with one attached hydrogen (secondary N) is 2. The number of carbonyl (C=O) groups is 2. The van der Waals surface area contributed by atoms with Crippen LogP contribution in [0.3, 0.4) is 0 Å². The van der Waals surface area contributed by atoms with Gasteiger partial charge in [-0.25, -0.2) is 8.78 Å². The topological polar surface area (TPSA) is 74.6 Å². The Balaban J connectivity index is 0.00000208. The molecule has 1 atom stereocenters. The fraction of sp³-hybridized carbons (Fsp3) is 0.600. The van der Waals surface area contributed by atoms with E-state index < -0.39 is 24.9 Å². The van der Waals surface area contributed by atoms with Crippen molar-refractivity contribution in [2.75, 3.05) is 19.6 Å². The number of hydrogen-bond donors (Lipinski definition) is 2. The van der Waals surface area contributed by atoms with Gasteiger partial charge < -0.3 is 14.6 Å². The van der Waals surface area contributed by atoms with Gasteiger partial charge in [0.2, 0.25) is 5.91 Å². The Morgan fingerprint density at radius 2 is 2.04 bits per heavy atom. The largest absolute Gasteiger partial charge is 0.472 e. The second-order valence-corrected chi connectivity index (χ2v) is 6.08. The maximum absolute atomic E-state index is 13.1. The van der Waals surface area contributed by atoms with Gasteiger partial charge in [-0.2, -0.15) is 0 Å². The SMILES string of the molecule is Cl.O=C(NC1CCN(C(=O)c2ccoc2)CC1)C1CC(F)(F)CN1. The molecule has 1 aromatic rings. The highest BCUT2D eigenvalue weighted by Gasteiger charge is 2.42. The molecule has 24 heavy (non-hydrogen) atoms. The van der Waals surface area contributed by atoms with Crippen molar-refractivity contribution in [2.45, 2.75) is 37.3 Å². The molecule has 6 nitrogen and oxygen atoms in total. The summed E-state index contributed by atoms with van der Waals surface area (Å²) in [5.41, 5.74) is 0.505. The van der Waals surface area contributed by atoms with Gasteiger partial charge in [-0.3, -0.25) is 14.9 Å². The summed E-state index contributed by atoms with van der Waals surface area (Å²) in [7, 11) is 0. The van der Waals surface area contributed by atoms with Crippen LogP contribution in [-0.2, 0) is 4.79 Å². The van der Waals surface area contributed by atoms with E-state index in [0.717, 1.165) is 0 Å². The minimum absolute atomic E-state index is 0. The fourth-order valence-corrected chi connectivity index (χ4v) is 3.00. The van der Waals surface area contributed by atoms with Crippen molar-refractivity contribution >= 4 is 24.2 Å². The van der Waals surface area contributed by atoms with Crippen molar-refractivity contribution in [2.24, 2.45) is 0 Å². The van der Waals surface area contributed by atoms with E-state index in [2.05, 4.69) is 10.6 Å². The van der Waals surface area contributed by atoms with Gasteiger partial charge in [0, 0.05) is 25.6 Å². The van der Waals surface area contributed by atoms with Crippen LogP contribution in [0.15, 0.2) is 23.0 Å². The van der Waals surface area contributed by atoms with Gasteiger partial charge in [0.1, 0.15) is 6.26 Å². The summed E-state index contributed by atoms with van der Waals surface area (Å²) in [5.74, 6) is -3.30. The lowest BCUT2D eigenvalue weighted by Crippen LogP contribution is -2.50. The average molecular weight is 364 g/mol. The third kappa shape index (κ3) is 4.24. The molecule has 2 aliphatic heterocycles. The molecule has 1 aromatic heterocycles. The van der Waals surface area contributed by atoms with Gasteiger partial charge in [0.05, 0.1) is 24.4 Å². The molecule has 2 N–H and O–H groups in total. The number of nitrogens with zero attached hydrogens (tertiary/aromatic N) is 1. The van der Waals surface area contributed by atoms with Gasteiger partial charge in [-0.1, -0.05) is 0 Å². The highest BCUT2D eigenvalue weighted by molar-refractivity contribution is 5.93. The normalized spacial score (nSPS) is 23.6. The Morgan fingerprint density at radius 1 is 1.33 bits per heavy atom. The van der Waals surface area contributed by atoms with E-state index in [1.54, 1.807) is 11.0 Å². The van der Waals surface area contributed by atoms with Crippen molar-refractivity contribution in [3.05, 3.63) is 24.2 Å². The first kappa shape index (κ1) is 18.7. The van der Waals surface area contributed by atoms with Crippen LogP contribution in [0.25, 0.3) is 0 Å². The zero-order chi connectivity index (χ0) is 16.4. The van der Waals surface area contributed by atoms with Crippen molar-refractivity contribution in [3.8, 4) is 0 Å². The number of piperidine rings is 1. The van der Waals surface area contributed by atoms with E-state index in [4.69, 9.17) is 4.42 Å². The van der Waals surface area contributed by atoms with Crippen LogP contribution in [-0.4, -0.2) is 54.4 Å². The monoisotopic (exact) mass is 363 g/mol. The van der Waals surface area contributed by atoms with Gasteiger partial charge >= 0.3 is 0 Å². The lowest BCUT2D eigenvalue weighted by atomic mass is 10.0. The van der Waals surface area contributed by atoms with Crippen molar-refractivity contribution in [1.82, 2.24) is 15.5 Å². The van der Waals surface area contributed by atoms with Gasteiger partial charge in [0.15, 0.2) is 0 Å². The van der Waals surface area contributed by atoms with E-state index in [0.29, 0.717) is 31.5 Å². The number of furan rings is 1. The number of amides is 2. The Morgan fingerprint density at radius 3 is 2.58 bits per heavy atom. The van der Waals surface area contributed by atoms with Crippen LogP contribution in [0.2, 0.25) is 0 Å². The summed E-state index contributed by atoms with van der Waals surface area (Å²) < 4.78 is 31.1. The standard InChI is InChI=1S/C15H19F2N3O3.ClH/c16-15(17)7-12(18-9-15)13(21)19-11-1-4-20(5-2-11)14(22)10-3-6-23-8-10;/h3,6,8,11-12,18H,1-2,4-5,7,9H2,(H,19,21);1H. The highest BCUT2D eigenvalue weighted by atomic mass is 35.5. The molecule has 2 fully saturated rings. The Bertz CT molecular complexity index is 575. The Hall–Kier alpha value is -1.67. The first-order chi connectivity index (χ1) is 10.9. The van der Waals surface area contributed by atoms with Gasteiger partial charge in [0.25, 0.3) is 11.8 Å². The molecule has 2 aliphatic rings. The second-order valence-electron chi connectivity index (χ2n) is 6.08. The number of carbonyl (C=O) groups excluding carboxylic acids is 2. The molecule has 0 aromatic carbocycles. The first-order valence-corrected chi connectivity index (χ1v) is 7.68. The molecule has 2 amide bonds. The number of rotatable bonds is 3. The maximum atomic E-state index is 13.1. The van der Waals surface area contributed by atoms with Gasteiger partial charge in [-0.05, 0) is 18.9 Å². The molecular weight excluding hydrogens is 344 g/mol. The fourth-order valence-electron chi connectivity index (χ4n) is 3.00. The summed E-state index contributed by atoms with van der Waals surface area (Å²) in [6.07, 6.45) is 3.61. The summed E-state index contributed by atoms with van der Waals surface area (Å²) >= 11 is 0. The third-order valence-electron chi connectivity index (χ3n) is 4.32. The minimum Gasteiger partial charge on any atom is -0.472 e. The molecule has 134 valence electrons. The van der Waals surface area contributed by atoms with Crippen LogP contribution >= 0.6 is 12.4 Å². The summed E-state index contributed by atoms with van der Waals surface area (Å²) in [6, 6.07) is 0.685. The molecular formula is C15H20ClF2N3O3. The molecule has 0 radical (unpaired) electrons. The van der Waals surface area contributed by atoms with Gasteiger partial charge in [-0.15, -0.1) is 12.4 Å². The molecule has 3 rings (SSSR count). The van der Waals surface area contributed by atoms with Crippen LogP contribution in [0.1, 0.15) is 29.6 Å². The first-order valence-electron chi connectivity index (χ1n) is 7.68. The van der Waals surface area contributed by atoms with E-state index in [1.165, 1.54) is 12.5 Å². The second kappa shape index (κ2) is 7.48. The zero-order valence-corrected chi connectivity index (χ0v) is 13.8. The van der Waals surface area contributed by atoms with Crippen LogP contribution in [0.5, 0.6) is 0 Å². The maximum Gasteiger partial charge on any atom is 0.262 e. The van der Waals surface area contributed by atoms with E-state index in [1.807, 2.05) is 0 Å². The molecule has 0 spiro atoms. The molecule has 0 bridgehead atoms. The zero-order valence-electron chi connectivity index (χ0n) is 13.0. The van der Waals surface area contributed by atoms with Crippen LogP contribution in [0.4, 0.5) is 8.78 Å². The lowest BCUT2D eigenvalue weighted by molar-refractivity contribution is -0.124. The summed E-state index contributed by atoms with van der Waals surface area (Å²) in [6.45, 7) is 0.579. The number of likely N-dealkylation sites (tertiary alicyclic amines) is 1. The molecule has 3 heterocycles. The quantitative estimate of drug-likeness (QED) is 0.851. The third-order valence-corrected chi connectivity index (χ3v) is 4.32. The van der Waals surface area contributed by atoms with Crippen molar-refractivity contribution in [3.63, 3.8) is 0 Å². The minimum atomic E-state index is -2.82. The highest BCUT2D eigenvalue weighted by Crippen LogP contribution is 2.25.